The Kier molecular flexibility index (Phi) is 4.28. The number of alkyl halides is 1. The van der Waals surface area contributed by atoms with Crippen molar-refractivity contribution in [3.63, 3.8) is 0 Å². The molecule has 2 fully saturated rings. The van der Waals surface area contributed by atoms with Crippen molar-refractivity contribution in [1.82, 2.24) is 9.21 Å². The Labute approximate surface area is 131 Å². The fourth-order valence-electron chi connectivity index (χ4n) is 3.42. The quantitative estimate of drug-likeness (QED) is 0.799. The average molecular weight is 329 g/mol. The van der Waals surface area contributed by atoms with Crippen LogP contribution in [0.2, 0.25) is 0 Å². The molecular formula is C15H21ClN2O2S. The Hall–Kier alpha value is -0.620. The SMILES string of the molecule is CC1CN2CCCC2CN1S(=O)(=O)c1cccc(CCl)c1. The Morgan fingerprint density at radius 1 is 1.33 bits per heavy atom. The number of hydrogen-bond acceptors (Lipinski definition) is 3. The van der Waals surface area contributed by atoms with E-state index in [0.717, 1.165) is 25.1 Å². The Balaban J connectivity index is 1.89. The van der Waals surface area contributed by atoms with Crippen LogP contribution in [-0.4, -0.2) is 49.3 Å². The summed E-state index contributed by atoms with van der Waals surface area (Å²) in [5, 5.41) is 0. The van der Waals surface area contributed by atoms with Crippen LogP contribution in [0.3, 0.4) is 0 Å². The summed E-state index contributed by atoms with van der Waals surface area (Å²) in [5.41, 5.74) is 0.838. The number of hydrogen-bond donors (Lipinski definition) is 0. The molecule has 2 unspecified atom stereocenters. The van der Waals surface area contributed by atoms with Crippen LogP contribution in [0.4, 0.5) is 0 Å². The second-order valence-corrected chi connectivity index (χ2v) is 8.15. The summed E-state index contributed by atoms with van der Waals surface area (Å²) in [6, 6.07) is 7.37. The minimum atomic E-state index is -3.43. The molecule has 2 atom stereocenters. The second-order valence-electron chi connectivity index (χ2n) is 6.00. The lowest BCUT2D eigenvalue weighted by atomic mass is 10.1. The predicted molar refractivity (Wildman–Crippen MR) is 83.9 cm³/mol. The highest BCUT2D eigenvalue weighted by molar-refractivity contribution is 7.89. The molecule has 1 aromatic rings. The van der Waals surface area contributed by atoms with Gasteiger partial charge in [0.05, 0.1) is 4.90 Å². The van der Waals surface area contributed by atoms with E-state index in [1.807, 2.05) is 13.0 Å². The van der Waals surface area contributed by atoms with Gasteiger partial charge in [0, 0.05) is 31.1 Å². The lowest BCUT2D eigenvalue weighted by molar-refractivity contribution is 0.117. The Morgan fingerprint density at radius 2 is 2.14 bits per heavy atom. The summed E-state index contributed by atoms with van der Waals surface area (Å²) in [6.07, 6.45) is 2.27. The van der Waals surface area contributed by atoms with Crippen LogP contribution in [0.1, 0.15) is 25.3 Å². The van der Waals surface area contributed by atoms with E-state index in [9.17, 15) is 8.42 Å². The molecule has 0 aromatic heterocycles. The van der Waals surface area contributed by atoms with E-state index in [-0.39, 0.29) is 6.04 Å². The van der Waals surface area contributed by atoms with Gasteiger partial charge >= 0.3 is 0 Å². The van der Waals surface area contributed by atoms with Crippen LogP contribution in [0.25, 0.3) is 0 Å². The minimum Gasteiger partial charge on any atom is -0.297 e. The van der Waals surface area contributed by atoms with E-state index in [1.165, 1.54) is 6.42 Å². The van der Waals surface area contributed by atoms with Crippen LogP contribution in [0, 0.1) is 0 Å². The maximum Gasteiger partial charge on any atom is 0.243 e. The van der Waals surface area contributed by atoms with Gasteiger partial charge in [0.1, 0.15) is 0 Å². The van der Waals surface area contributed by atoms with Crippen LogP contribution in [-0.2, 0) is 15.9 Å². The van der Waals surface area contributed by atoms with Crippen molar-refractivity contribution in [2.24, 2.45) is 0 Å². The largest absolute Gasteiger partial charge is 0.297 e. The molecule has 2 saturated heterocycles. The van der Waals surface area contributed by atoms with Crippen LogP contribution < -0.4 is 0 Å². The first kappa shape index (κ1) is 15.3. The summed E-state index contributed by atoms with van der Waals surface area (Å²) in [4.78, 5) is 2.78. The third kappa shape index (κ3) is 2.84. The number of sulfonamides is 1. The maximum absolute atomic E-state index is 12.9. The maximum atomic E-state index is 12.9. The first-order chi connectivity index (χ1) is 10.0. The van der Waals surface area contributed by atoms with Gasteiger partial charge in [0.2, 0.25) is 10.0 Å². The molecule has 0 spiro atoms. The van der Waals surface area contributed by atoms with Crippen molar-refractivity contribution >= 4 is 21.6 Å². The van der Waals surface area contributed by atoms with Crippen molar-refractivity contribution in [3.8, 4) is 0 Å². The van der Waals surface area contributed by atoms with Gasteiger partial charge < -0.3 is 0 Å². The topological polar surface area (TPSA) is 40.6 Å². The number of benzene rings is 1. The van der Waals surface area contributed by atoms with Crippen LogP contribution in [0.5, 0.6) is 0 Å². The van der Waals surface area contributed by atoms with Gasteiger partial charge in [-0.15, -0.1) is 11.6 Å². The molecule has 2 heterocycles. The molecule has 2 aliphatic rings. The minimum absolute atomic E-state index is 0.0176. The van der Waals surface area contributed by atoms with Crippen LogP contribution >= 0.6 is 11.6 Å². The predicted octanol–water partition coefficient (Wildman–Crippen LogP) is 2.28. The molecule has 1 aromatic carbocycles. The fraction of sp³-hybridized carbons (Fsp3) is 0.600. The highest BCUT2D eigenvalue weighted by Gasteiger charge is 2.40. The molecule has 0 aliphatic carbocycles. The number of piperazine rings is 1. The molecule has 2 aliphatic heterocycles. The summed E-state index contributed by atoms with van der Waals surface area (Å²) in [6.45, 7) is 4.54. The zero-order valence-electron chi connectivity index (χ0n) is 12.2. The molecule has 4 nitrogen and oxygen atoms in total. The standard InChI is InChI=1S/C15H21ClN2O2S/c1-12-10-17-7-3-5-14(17)11-18(12)21(19,20)15-6-2-4-13(8-15)9-16/h2,4,6,8,12,14H,3,5,7,9-11H2,1H3. The van der Waals surface area contributed by atoms with E-state index in [1.54, 1.807) is 22.5 Å². The molecular weight excluding hydrogens is 308 g/mol. The normalized spacial score (nSPS) is 27.7. The first-order valence-electron chi connectivity index (χ1n) is 7.43. The van der Waals surface area contributed by atoms with E-state index in [2.05, 4.69) is 4.90 Å². The number of fused-ring (bicyclic) bond motifs is 1. The van der Waals surface area contributed by atoms with Gasteiger partial charge in [0.25, 0.3) is 0 Å². The smallest absolute Gasteiger partial charge is 0.243 e. The molecule has 21 heavy (non-hydrogen) atoms. The lowest BCUT2D eigenvalue weighted by Crippen LogP contribution is -2.56. The highest BCUT2D eigenvalue weighted by Crippen LogP contribution is 2.29. The highest BCUT2D eigenvalue weighted by atomic mass is 35.5. The third-order valence-corrected chi connectivity index (χ3v) is 6.82. The fourth-order valence-corrected chi connectivity index (χ4v) is 5.32. The van der Waals surface area contributed by atoms with Crippen molar-refractivity contribution in [1.29, 1.82) is 0 Å². The van der Waals surface area contributed by atoms with Gasteiger partial charge in [-0.1, -0.05) is 12.1 Å². The summed E-state index contributed by atoms with van der Waals surface area (Å²) < 4.78 is 27.5. The zero-order valence-corrected chi connectivity index (χ0v) is 13.8. The van der Waals surface area contributed by atoms with E-state index >= 15 is 0 Å². The Morgan fingerprint density at radius 3 is 2.90 bits per heavy atom. The van der Waals surface area contributed by atoms with Gasteiger partial charge in [-0.3, -0.25) is 4.90 Å². The molecule has 116 valence electrons. The van der Waals surface area contributed by atoms with E-state index in [4.69, 9.17) is 11.6 Å². The van der Waals surface area contributed by atoms with Crippen molar-refractivity contribution in [3.05, 3.63) is 29.8 Å². The number of nitrogens with zero attached hydrogens (tertiary/aromatic N) is 2. The molecule has 0 radical (unpaired) electrons. The molecule has 0 N–H and O–H groups in total. The van der Waals surface area contributed by atoms with Gasteiger partial charge in [0.15, 0.2) is 0 Å². The van der Waals surface area contributed by atoms with Gasteiger partial charge in [-0.05, 0) is 44.0 Å². The molecule has 3 rings (SSSR count). The van der Waals surface area contributed by atoms with E-state index < -0.39 is 10.0 Å². The number of halogens is 1. The van der Waals surface area contributed by atoms with Crippen molar-refractivity contribution in [2.45, 2.75) is 42.6 Å². The third-order valence-electron chi connectivity index (χ3n) is 4.54. The van der Waals surface area contributed by atoms with Crippen molar-refractivity contribution in [2.75, 3.05) is 19.6 Å². The zero-order chi connectivity index (χ0) is 15.0. The van der Waals surface area contributed by atoms with Gasteiger partial charge in [-0.2, -0.15) is 4.31 Å². The first-order valence-corrected chi connectivity index (χ1v) is 9.40. The van der Waals surface area contributed by atoms with Crippen molar-refractivity contribution < 1.29 is 8.42 Å². The molecule has 0 bridgehead atoms. The molecule has 0 amide bonds. The molecule has 6 heteroatoms. The molecule has 0 saturated carbocycles. The summed E-state index contributed by atoms with van der Waals surface area (Å²) in [7, 11) is -3.43. The van der Waals surface area contributed by atoms with E-state index in [0.29, 0.717) is 23.4 Å². The summed E-state index contributed by atoms with van der Waals surface area (Å²) in [5.74, 6) is 0.329. The van der Waals surface area contributed by atoms with Gasteiger partial charge in [-0.25, -0.2) is 8.42 Å². The van der Waals surface area contributed by atoms with Crippen LogP contribution in [0.15, 0.2) is 29.2 Å². The Bertz CT molecular complexity index is 620. The monoisotopic (exact) mass is 328 g/mol. The second kappa shape index (κ2) is 5.88. The summed E-state index contributed by atoms with van der Waals surface area (Å²) >= 11 is 5.82. The average Bonchev–Trinajstić information content (AvgIpc) is 2.93. The number of rotatable bonds is 3. The lowest BCUT2D eigenvalue weighted by Gasteiger charge is -2.41.